The number of carbonyl (C=O) groups excluding carboxylic acids is 1. The molecule has 3 aliphatic heterocycles. The van der Waals surface area contributed by atoms with Gasteiger partial charge in [0.2, 0.25) is 5.91 Å². The Balaban J connectivity index is 1.36. The van der Waals surface area contributed by atoms with Crippen molar-refractivity contribution in [3.8, 4) is 0 Å². The highest BCUT2D eigenvalue weighted by Gasteiger charge is 2.63. The van der Waals surface area contributed by atoms with Gasteiger partial charge in [-0.1, -0.05) is 0 Å². The zero-order valence-corrected chi connectivity index (χ0v) is 13.5. The van der Waals surface area contributed by atoms with E-state index < -0.39 is 0 Å². The zero-order chi connectivity index (χ0) is 13.8. The van der Waals surface area contributed by atoms with Crippen molar-refractivity contribution in [2.45, 2.75) is 67.4 Å². The van der Waals surface area contributed by atoms with Crippen LogP contribution < -0.4 is 0 Å². The van der Waals surface area contributed by atoms with Crippen LogP contribution in [0.15, 0.2) is 0 Å². The van der Waals surface area contributed by atoms with Crippen LogP contribution in [0, 0.1) is 29.6 Å². The van der Waals surface area contributed by atoms with E-state index in [0.717, 1.165) is 29.5 Å². The first-order chi connectivity index (χ1) is 10.2. The molecule has 0 N–H and O–H groups in total. The fourth-order valence-electron chi connectivity index (χ4n) is 7.65. The number of hydrogen-bond acceptors (Lipinski definition) is 2. The Morgan fingerprint density at radius 1 is 0.952 bits per heavy atom. The Morgan fingerprint density at radius 3 is 2.19 bits per heavy atom. The second-order valence-corrected chi connectivity index (χ2v) is 10.6. The van der Waals surface area contributed by atoms with Gasteiger partial charge in [-0.2, -0.15) is 11.8 Å². The fourth-order valence-corrected chi connectivity index (χ4v) is 9.59. The molecule has 3 heteroatoms. The van der Waals surface area contributed by atoms with Gasteiger partial charge in [0.15, 0.2) is 0 Å². The third-order valence-electron chi connectivity index (χ3n) is 7.95. The number of fused-ring (bicyclic) bond motifs is 5. The first-order valence-corrected chi connectivity index (χ1v) is 10.1. The smallest absolute Gasteiger partial charge is 0.227 e. The summed E-state index contributed by atoms with van der Waals surface area (Å²) in [7, 11) is 0. The van der Waals surface area contributed by atoms with E-state index in [2.05, 4.69) is 16.7 Å². The van der Waals surface area contributed by atoms with Crippen molar-refractivity contribution in [1.82, 2.24) is 4.90 Å². The molecule has 4 unspecified atom stereocenters. The molecular formula is C18H25NOS. The number of thioether (sulfide) groups is 1. The number of rotatable bonds is 1. The zero-order valence-electron chi connectivity index (χ0n) is 12.7. The highest BCUT2D eigenvalue weighted by molar-refractivity contribution is 8.01. The predicted molar refractivity (Wildman–Crippen MR) is 84.0 cm³/mol. The highest BCUT2D eigenvalue weighted by atomic mass is 32.2. The van der Waals surface area contributed by atoms with Gasteiger partial charge in [0.1, 0.15) is 0 Å². The molecule has 7 fully saturated rings. The van der Waals surface area contributed by atoms with Gasteiger partial charge in [0.05, 0.1) is 5.92 Å². The highest BCUT2D eigenvalue weighted by Crippen LogP contribution is 2.62. The topological polar surface area (TPSA) is 20.3 Å². The molecule has 3 heterocycles. The maximum absolute atomic E-state index is 13.2. The Labute approximate surface area is 131 Å². The van der Waals surface area contributed by atoms with Crippen molar-refractivity contribution in [2.24, 2.45) is 29.6 Å². The summed E-state index contributed by atoms with van der Waals surface area (Å²) in [6.45, 7) is 1.13. The van der Waals surface area contributed by atoms with Gasteiger partial charge in [-0.15, -0.1) is 0 Å². The minimum atomic E-state index is 0.320. The summed E-state index contributed by atoms with van der Waals surface area (Å²) in [5, 5.41) is 1.51. The molecule has 4 atom stereocenters. The van der Waals surface area contributed by atoms with Crippen LogP contribution in [0.5, 0.6) is 0 Å². The molecule has 1 amide bonds. The van der Waals surface area contributed by atoms with Crippen LogP contribution >= 0.6 is 11.8 Å². The van der Waals surface area contributed by atoms with E-state index in [9.17, 15) is 4.79 Å². The monoisotopic (exact) mass is 303 g/mol. The van der Waals surface area contributed by atoms with Gasteiger partial charge < -0.3 is 4.90 Å². The van der Waals surface area contributed by atoms with Crippen LogP contribution in [0.1, 0.15) is 51.4 Å². The largest absolute Gasteiger partial charge is 0.336 e. The molecule has 2 nitrogen and oxygen atoms in total. The number of carbonyl (C=O) groups is 1. The van der Waals surface area contributed by atoms with E-state index in [4.69, 9.17) is 0 Å². The van der Waals surface area contributed by atoms with Gasteiger partial charge >= 0.3 is 0 Å². The van der Waals surface area contributed by atoms with Crippen LogP contribution in [-0.2, 0) is 4.79 Å². The van der Waals surface area contributed by atoms with Gasteiger partial charge in [0.25, 0.3) is 0 Å². The van der Waals surface area contributed by atoms with Crippen LogP contribution in [0.25, 0.3) is 0 Å². The number of nitrogens with zero attached hydrogens (tertiary/aromatic N) is 1. The van der Waals surface area contributed by atoms with Crippen molar-refractivity contribution < 1.29 is 4.79 Å². The molecule has 4 saturated carbocycles. The van der Waals surface area contributed by atoms with Crippen LogP contribution in [0.2, 0.25) is 0 Å². The third kappa shape index (κ3) is 1.45. The lowest BCUT2D eigenvalue weighted by Crippen LogP contribution is -2.60. The van der Waals surface area contributed by atoms with Crippen molar-refractivity contribution >= 4 is 17.7 Å². The van der Waals surface area contributed by atoms with Gasteiger partial charge in [-0.25, -0.2) is 0 Å². The molecule has 6 bridgehead atoms. The van der Waals surface area contributed by atoms with E-state index in [0.29, 0.717) is 28.5 Å². The van der Waals surface area contributed by atoms with E-state index in [1.807, 2.05) is 0 Å². The maximum Gasteiger partial charge on any atom is 0.227 e. The minimum absolute atomic E-state index is 0.320. The summed E-state index contributed by atoms with van der Waals surface area (Å²) >= 11 is 2.16. The van der Waals surface area contributed by atoms with Gasteiger partial charge in [0, 0.05) is 28.5 Å². The molecule has 0 radical (unpaired) electrons. The predicted octanol–water partition coefficient (Wildman–Crippen LogP) is 3.31. The summed E-state index contributed by atoms with van der Waals surface area (Å²) in [4.78, 5) is 15.7. The number of hydrogen-bond donors (Lipinski definition) is 0. The molecule has 0 spiro atoms. The maximum atomic E-state index is 13.2. The minimum Gasteiger partial charge on any atom is -0.336 e. The normalized spacial score (nSPS) is 60.1. The summed E-state index contributed by atoms with van der Waals surface area (Å²) in [6, 6.07) is 0. The Morgan fingerprint density at radius 2 is 1.57 bits per heavy atom. The summed E-state index contributed by atoms with van der Waals surface area (Å²) < 4.78 is 0. The molecule has 114 valence electrons. The van der Waals surface area contributed by atoms with Crippen LogP contribution in [0.4, 0.5) is 0 Å². The van der Waals surface area contributed by atoms with Crippen LogP contribution in [0.3, 0.4) is 0 Å². The van der Waals surface area contributed by atoms with E-state index in [1.54, 1.807) is 0 Å². The Hall–Kier alpha value is -0.180. The average Bonchev–Trinajstić information content (AvgIpc) is 3.10. The number of likely N-dealkylation sites (tertiary alicyclic amines) is 1. The molecule has 21 heavy (non-hydrogen) atoms. The quantitative estimate of drug-likeness (QED) is 0.741. The van der Waals surface area contributed by atoms with Crippen molar-refractivity contribution in [2.75, 3.05) is 6.54 Å². The van der Waals surface area contributed by atoms with Crippen molar-refractivity contribution in [3.63, 3.8) is 0 Å². The second-order valence-electron chi connectivity index (χ2n) is 9.07. The lowest BCUT2D eigenvalue weighted by Gasteiger charge is -2.60. The molecule has 0 aromatic heterocycles. The lowest BCUT2D eigenvalue weighted by atomic mass is 9.52. The SMILES string of the molecule is O=C1C2C3CCC(S3)C2CN1C12CC3CC(CC(C3)C1)C2. The molecular weight excluding hydrogens is 278 g/mol. The van der Waals surface area contributed by atoms with Crippen molar-refractivity contribution in [1.29, 1.82) is 0 Å². The van der Waals surface area contributed by atoms with Crippen LogP contribution in [-0.4, -0.2) is 33.4 Å². The van der Waals surface area contributed by atoms with E-state index in [1.165, 1.54) is 51.4 Å². The molecule has 0 aromatic rings. The standard InChI is InChI=1S/C18H25NOS/c20-17-16-13(14-1-2-15(16)21-14)9-19(17)18-6-10-3-11(7-18)5-12(4-10)8-18/h10-16H,1-9H2. The summed E-state index contributed by atoms with van der Waals surface area (Å²) in [6.07, 6.45) is 11.2. The Bertz CT molecular complexity index is 482. The van der Waals surface area contributed by atoms with E-state index >= 15 is 0 Å². The molecule has 3 saturated heterocycles. The summed E-state index contributed by atoms with van der Waals surface area (Å²) in [5.74, 6) is 4.58. The van der Waals surface area contributed by atoms with Gasteiger partial charge in [-0.3, -0.25) is 4.79 Å². The third-order valence-corrected chi connectivity index (χ3v) is 9.76. The van der Waals surface area contributed by atoms with Gasteiger partial charge in [-0.05, 0) is 69.1 Å². The average molecular weight is 303 g/mol. The number of amides is 1. The molecule has 0 aromatic carbocycles. The lowest BCUT2D eigenvalue weighted by molar-refractivity contribution is -0.147. The van der Waals surface area contributed by atoms with E-state index in [-0.39, 0.29) is 0 Å². The molecule has 7 aliphatic rings. The first kappa shape index (κ1) is 12.3. The second kappa shape index (κ2) is 3.83. The fraction of sp³-hybridized carbons (Fsp3) is 0.944. The Kier molecular flexibility index (Phi) is 2.24. The summed E-state index contributed by atoms with van der Waals surface area (Å²) in [5.41, 5.74) is 0.320. The first-order valence-electron chi connectivity index (χ1n) is 9.19. The molecule has 7 rings (SSSR count). The van der Waals surface area contributed by atoms with Crippen molar-refractivity contribution in [3.05, 3.63) is 0 Å². The molecule has 4 aliphatic carbocycles.